The van der Waals surface area contributed by atoms with Crippen LogP contribution in [0.4, 0.5) is 0 Å². The number of benzene rings is 2. The summed E-state index contributed by atoms with van der Waals surface area (Å²) in [6.07, 6.45) is 0.780. The Morgan fingerprint density at radius 2 is 1.41 bits per heavy atom. The molecule has 2 aromatic carbocycles. The normalized spacial score (nSPS) is 22.4. The van der Waals surface area contributed by atoms with Crippen LogP contribution in [0.1, 0.15) is 30.5 Å². The van der Waals surface area contributed by atoms with E-state index < -0.39 is 5.41 Å². The zero-order chi connectivity index (χ0) is 15.8. The molecular formula is C18H17Br2NO. The summed E-state index contributed by atoms with van der Waals surface area (Å²) in [6.45, 7) is 1.97. The fourth-order valence-electron chi connectivity index (χ4n) is 2.59. The molecule has 1 saturated carbocycles. The highest BCUT2D eigenvalue weighted by Crippen LogP contribution is 2.66. The van der Waals surface area contributed by atoms with Crippen molar-refractivity contribution in [1.29, 1.82) is 0 Å². The molecule has 0 radical (unpaired) electrons. The first kappa shape index (κ1) is 15.8. The average Bonchev–Trinajstić information content (AvgIpc) is 3.06. The van der Waals surface area contributed by atoms with E-state index in [9.17, 15) is 4.79 Å². The van der Waals surface area contributed by atoms with Gasteiger partial charge in [0.25, 0.3) is 0 Å². The molecule has 0 spiro atoms. The van der Waals surface area contributed by atoms with Gasteiger partial charge in [0.15, 0.2) is 0 Å². The van der Waals surface area contributed by atoms with Crippen molar-refractivity contribution >= 4 is 37.8 Å². The summed E-state index contributed by atoms with van der Waals surface area (Å²) >= 11 is 7.14. The monoisotopic (exact) mass is 421 g/mol. The van der Waals surface area contributed by atoms with Crippen LogP contribution in [0.2, 0.25) is 0 Å². The van der Waals surface area contributed by atoms with E-state index in [1.54, 1.807) is 0 Å². The Balaban J connectivity index is 1.89. The highest BCUT2D eigenvalue weighted by Gasteiger charge is 2.66. The van der Waals surface area contributed by atoms with Gasteiger partial charge in [-0.3, -0.25) is 4.79 Å². The highest BCUT2D eigenvalue weighted by molar-refractivity contribution is 9.25. The quantitative estimate of drug-likeness (QED) is 0.705. The first-order valence-corrected chi connectivity index (χ1v) is 8.81. The molecule has 0 aliphatic heterocycles. The summed E-state index contributed by atoms with van der Waals surface area (Å²) in [5, 5.41) is 3.21. The fraction of sp³-hybridized carbons (Fsp3) is 0.278. The summed E-state index contributed by atoms with van der Waals surface area (Å²) in [4.78, 5) is 12.7. The third kappa shape index (κ3) is 2.86. The number of carbonyl (C=O) groups is 1. The van der Waals surface area contributed by atoms with Crippen LogP contribution >= 0.6 is 31.9 Å². The molecular weight excluding hydrogens is 406 g/mol. The van der Waals surface area contributed by atoms with Crippen LogP contribution < -0.4 is 5.32 Å². The summed E-state index contributed by atoms with van der Waals surface area (Å²) in [7, 11) is 0. The number of rotatable bonds is 4. The smallest absolute Gasteiger partial charge is 0.229 e. The lowest BCUT2D eigenvalue weighted by Gasteiger charge is -2.23. The third-order valence-corrected chi connectivity index (χ3v) is 6.61. The predicted molar refractivity (Wildman–Crippen MR) is 96.2 cm³/mol. The summed E-state index contributed by atoms with van der Waals surface area (Å²) in [5.41, 5.74) is 1.75. The van der Waals surface area contributed by atoms with Crippen molar-refractivity contribution in [3.05, 3.63) is 71.8 Å². The van der Waals surface area contributed by atoms with Gasteiger partial charge in [0, 0.05) is 0 Å². The van der Waals surface area contributed by atoms with Crippen molar-refractivity contribution in [2.75, 3.05) is 0 Å². The minimum absolute atomic E-state index is 0.0546. The zero-order valence-electron chi connectivity index (χ0n) is 12.2. The lowest BCUT2D eigenvalue weighted by atomic mass is 9.97. The zero-order valence-corrected chi connectivity index (χ0v) is 15.4. The Labute approximate surface area is 147 Å². The molecule has 1 N–H and O–H groups in total. The number of nitrogens with one attached hydrogen (secondary N) is 1. The van der Waals surface area contributed by atoms with Crippen LogP contribution in [0.15, 0.2) is 60.7 Å². The molecule has 2 nitrogen and oxygen atoms in total. The number of alkyl halides is 2. The van der Waals surface area contributed by atoms with Gasteiger partial charge in [-0.05, 0) is 24.5 Å². The second-order valence-electron chi connectivity index (χ2n) is 5.94. The minimum atomic E-state index is -0.422. The van der Waals surface area contributed by atoms with Gasteiger partial charge in [0.2, 0.25) is 5.91 Å². The molecule has 0 heterocycles. The van der Waals surface area contributed by atoms with Crippen molar-refractivity contribution in [1.82, 2.24) is 5.32 Å². The Morgan fingerprint density at radius 3 is 1.77 bits per heavy atom. The van der Waals surface area contributed by atoms with Gasteiger partial charge in [-0.1, -0.05) is 92.5 Å². The van der Waals surface area contributed by atoms with Crippen molar-refractivity contribution in [2.45, 2.75) is 22.6 Å². The number of carbonyl (C=O) groups excluding carboxylic acids is 1. The van der Waals surface area contributed by atoms with Crippen LogP contribution in [0.5, 0.6) is 0 Å². The molecule has 114 valence electrons. The molecule has 1 fully saturated rings. The van der Waals surface area contributed by atoms with Crippen molar-refractivity contribution in [3.63, 3.8) is 0 Å². The Kier molecular flexibility index (Phi) is 4.17. The fourth-order valence-corrected chi connectivity index (χ4v) is 4.07. The van der Waals surface area contributed by atoms with Gasteiger partial charge in [-0.15, -0.1) is 0 Å². The standard InChI is InChI=1S/C18H17Br2NO/c1-17(12-18(17,19)20)16(22)21-15(13-8-4-2-5-9-13)14-10-6-3-7-11-14/h2-11,15H,12H2,1H3,(H,21,22)/t17-/m1/s1. The summed E-state index contributed by atoms with van der Waals surface area (Å²) < 4.78 is -0.283. The second-order valence-corrected chi connectivity index (χ2v) is 9.71. The first-order valence-electron chi connectivity index (χ1n) is 7.23. The number of amides is 1. The predicted octanol–water partition coefficient (Wildman–Crippen LogP) is 4.79. The molecule has 1 amide bonds. The second kappa shape index (κ2) is 5.82. The molecule has 1 atom stereocenters. The largest absolute Gasteiger partial charge is 0.345 e. The van der Waals surface area contributed by atoms with Crippen molar-refractivity contribution < 1.29 is 4.79 Å². The molecule has 1 aliphatic carbocycles. The minimum Gasteiger partial charge on any atom is -0.345 e. The van der Waals surface area contributed by atoms with Gasteiger partial charge in [-0.25, -0.2) is 0 Å². The molecule has 4 heteroatoms. The van der Waals surface area contributed by atoms with Crippen LogP contribution in [0.3, 0.4) is 0 Å². The van der Waals surface area contributed by atoms with Crippen LogP contribution in [0.25, 0.3) is 0 Å². The maximum atomic E-state index is 12.7. The van der Waals surface area contributed by atoms with Gasteiger partial charge < -0.3 is 5.32 Å². The number of halogens is 2. The molecule has 3 rings (SSSR count). The van der Waals surface area contributed by atoms with Crippen molar-refractivity contribution in [2.24, 2.45) is 5.41 Å². The van der Waals surface area contributed by atoms with Gasteiger partial charge in [0.05, 0.1) is 14.7 Å². The number of hydrogen-bond donors (Lipinski definition) is 1. The molecule has 2 aromatic rings. The van der Waals surface area contributed by atoms with E-state index in [1.165, 1.54) is 0 Å². The lowest BCUT2D eigenvalue weighted by Crippen LogP contribution is -2.36. The lowest BCUT2D eigenvalue weighted by molar-refractivity contribution is -0.126. The topological polar surface area (TPSA) is 29.1 Å². The average molecular weight is 423 g/mol. The van der Waals surface area contributed by atoms with E-state index in [2.05, 4.69) is 37.2 Å². The van der Waals surface area contributed by atoms with Crippen LogP contribution in [0, 0.1) is 5.41 Å². The Morgan fingerprint density at radius 1 is 1.00 bits per heavy atom. The Bertz CT molecular complexity index is 633. The van der Waals surface area contributed by atoms with E-state index >= 15 is 0 Å². The third-order valence-electron chi connectivity index (χ3n) is 4.30. The van der Waals surface area contributed by atoms with E-state index in [0.29, 0.717) is 0 Å². The molecule has 1 aliphatic rings. The first-order chi connectivity index (χ1) is 10.4. The highest BCUT2D eigenvalue weighted by atomic mass is 79.9. The van der Waals surface area contributed by atoms with Gasteiger partial charge >= 0.3 is 0 Å². The number of hydrogen-bond acceptors (Lipinski definition) is 1. The van der Waals surface area contributed by atoms with E-state index in [1.807, 2.05) is 67.6 Å². The Hall–Kier alpha value is -1.13. The molecule has 0 unspecified atom stereocenters. The molecule has 0 aromatic heterocycles. The molecule has 0 bridgehead atoms. The van der Waals surface area contributed by atoms with Crippen molar-refractivity contribution in [3.8, 4) is 0 Å². The SMILES string of the molecule is C[C@]1(C(=O)NC(c2ccccc2)c2ccccc2)CC1(Br)Br. The van der Waals surface area contributed by atoms with E-state index in [-0.39, 0.29) is 15.2 Å². The molecule has 22 heavy (non-hydrogen) atoms. The summed E-state index contributed by atoms with van der Waals surface area (Å²) in [6, 6.07) is 20.0. The molecule has 0 saturated heterocycles. The maximum Gasteiger partial charge on any atom is 0.229 e. The van der Waals surface area contributed by atoms with E-state index in [4.69, 9.17) is 0 Å². The van der Waals surface area contributed by atoms with E-state index in [0.717, 1.165) is 17.5 Å². The van der Waals surface area contributed by atoms with Gasteiger partial charge in [0.1, 0.15) is 0 Å². The van der Waals surface area contributed by atoms with Gasteiger partial charge in [-0.2, -0.15) is 0 Å². The maximum absolute atomic E-state index is 12.7. The van der Waals surface area contributed by atoms with Crippen LogP contribution in [-0.4, -0.2) is 9.14 Å². The summed E-state index contributed by atoms with van der Waals surface area (Å²) in [5.74, 6) is 0.0546. The van der Waals surface area contributed by atoms with Crippen LogP contribution in [-0.2, 0) is 4.79 Å².